The van der Waals surface area contributed by atoms with Gasteiger partial charge in [0.15, 0.2) is 0 Å². The van der Waals surface area contributed by atoms with E-state index in [1.165, 1.54) is 53.4 Å². The van der Waals surface area contributed by atoms with E-state index >= 15 is 0 Å². The third-order valence-corrected chi connectivity index (χ3v) is 6.68. The topological polar surface area (TPSA) is 118 Å². The van der Waals surface area contributed by atoms with Crippen LogP contribution in [0, 0.1) is 12.7 Å². The highest BCUT2D eigenvalue weighted by molar-refractivity contribution is 7.89. The molecular weight excluding hydrogens is 473 g/mol. The molecule has 1 aliphatic heterocycles. The molecular formula is C25H22FN3O5S. The van der Waals surface area contributed by atoms with Gasteiger partial charge in [0.25, 0.3) is 11.8 Å². The van der Waals surface area contributed by atoms with E-state index in [0.717, 1.165) is 10.5 Å². The molecule has 1 heterocycles. The van der Waals surface area contributed by atoms with Crippen LogP contribution in [0.15, 0.2) is 77.7 Å². The standard InChI is InChI=1S/C25H22FN3O5S/c1-16-2-6-18(7-3-16)24(31)28(15-17-4-8-19(26)9-5-17)22-14-23(30)29(25(22)32)20-10-12-21(13-11-20)35(27,33)34/h2-13,22H,14-15H2,1H3,(H2,27,33,34). The van der Waals surface area contributed by atoms with Crippen LogP contribution in [0.2, 0.25) is 0 Å². The van der Waals surface area contributed by atoms with E-state index in [2.05, 4.69) is 0 Å². The predicted octanol–water partition coefficient (Wildman–Crippen LogP) is 2.76. The van der Waals surface area contributed by atoms with Gasteiger partial charge in [0, 0.05) is 12.1 Å². The van der Waals surface area contributed by atoms with Crippen LogP contribution in [0.4, 0.5) is 10.1 Å². The Hall–Kier alpha value is -3.89. The summed E-state index contributed by atoms with van der Waals surface area (Å²) < 4.78 is 36.5. The molecule has 4 rings (SSSR count). The van der Waals surface area contributed by atoms with E-state index < -0.39 is 39.6 Å². The van der Waals surface area contributed by atoms with Crippen LogP contribution in [-0.2, 0) is 26.2 Å². The number of hydrogen-bond donors (Lipinski definition) is 1. The van der Waals surface area contributed by atoms with Crippen molar-refractivity contribution < 1.29 is 27.2 Å². The average Bonchev–Trinajstić information content (AvgIpc) is 3.11. The summed E-state index contributed by atoms with van der Waals surface area (Å²) in [4.78, 5) is 41.8. The Bertz CT molecular complexity index is 1390. The van der Waals surface area contributed by atoms with Crippen LogP contribution in [0.25, 0.3) is 0 Å². The molecule has 35 heavy (non-hydrogen) atoms. The number of carbonyl (C=O) groups is 3. The van der Waals surface area contributed by atoms with E-state index in [1.54, 1.807) is 24.3 Å². The Kier molecular flexibility index (Phi) is 6.51. The number of nitrogens with two attached hydrogens (primary N) is 1. The molecule has 1 saturated heterocycles. The van der Waals surface area contributed by atoms with Gasteiger partial charge in [-0.2, -0.15) is 0 Å². The number of amides is 3. The quantitative estimate of drug-likeness (QED) is 0.528. The van der Waals surface area contributed by atoms with Gasteiger partial charge >= 0.3 is 0 Å². The predicted molar refractivity (Wildman–Crippen MR) is 126 cm³/mol. The second-order valence-electron chi connectivity index (χ2n) is 8.25. The molecule has 0 aromatic heterocycles. The summed E-state index contributed by atoms with van der Waals surface area (Å²) in [7, 11) is -3.94. The van der Waals surface area contributed by atoms with Gasteiger partial charge in [-0.25, -0.2) is 22.8 Å². The molecule has 0 spiro atoms. The van der Waals surface area contributed by atoms with Gasteiger partial charge in [0.2, 0.25) is 15.9 Å². The number of halogens is 1. The van der Waals surface area contributed by atoms with Gasteiger partial charge in [-0.1, -0.05) is 29.8 Å². The highest BCUT2D eigenvalue weighted by Crippen LogP contribution is 2.28. The Morgan fingerprint density at radius 3 is 2.17 bits per heavy atom. The number of nitrogens with zero attached hydrogens (tertiary/aromatic N) is 2. The number of benzene rings is 3. The third kappa shape index (κ3) is 5.13. The number of aryl methyl sites for hydroxylation is 1. The molecule has 1 aliphatic rings. The lowest BCUT2D eigenvalue weighted by molar-refractivity contribution is -0.122. The zero-order valence-corrected chi connectivity index (χ0v) is 19.5. The Balaban J connectivity index is 1.67. The zero-order chi connectivity index (χ0) is 25.3. The largest absolute Gasteiger partial charge is 0.322 e. The SMILES string of the molecule is Cc1ccc(C(=O)N(Cc2ccc(F)cc2)C2CC(=O)N(c3ccc(S(N)(=O)=O)cc3)C2=O)cc1. The fraction of sp³-hybridized carbons (Fsp3) is 0.160. The number of hydrogen-bond acceptors (Lipinski definition) is 5. The Morgan fingerprint density at radius 1 is 1.00 bits per heavy atom. The lowest BCUT2D eigenvalue weighted by Gasteiger charge is -2.28. The molecule has 2 N–H and O–H groups in total. The maximum absolute atomic E-state index is 13.5. The second kappa shape index (κ2) is 9.40. The zero-order valence-electron chi connectivity index (χ0n) is 18.7. The molecule has 1 atom stereocenters. The number of imide groups is 1. The van der Waals surface area contributed by atoms with Crippen molar-refractivity contribution >= 4 is 33.4 Å². The van der Waals surface area contributed by atoms with Crippen LogP contribution < -0.4 is 10.0 Å². The van der Waals surface area contributed by atoms with Gasteiger partial charge in [-0.3, -0.25) is 14.4 Å². The van der Waals surface area contributed by atoms with E-state index in [1.807, 2.05) is 6.92 Å². The molecule has 1 unspecified atom stereocenters. The fourth-order valence-electron chi connectivity index (χ4n) is 3.89. The smallest absolute Gasteiger partial charge is 0.257 e. The summed E-state index contributed by atoms with van der Waals surface area (Å²) in [5.41, 5.74) is 2.05. The van der Waals surface area contributed by atoms with Gasteiger partial charge in [-0.15, -0.1) is 0 Å². The molecule has 8 nitrogen and oxygen atoms in total. The van der Waals surface area contributed by atoms with Crippen molar-refractivity contribution in [3.63, 3.8) is 0 Å². The first kappa shape index (κ1) is 24.2. The minimum atomic E-state index is -3.94. The molecule has 0 saturated carbocycles. The molecule has 1 fully saturated rings. The van der Waals surface area contributed by atoms with Crippen molar-refractivity contribution in [2.75, 3.05) is 4.90 Å². The van der Waals surface area contributed by atoms with Crippen LogP contribution in [0.3, 0.4) is 0 Å². The van der Waals surface area contributed by atoms with Crippen molar-refractivity contribution in [1.82, 2.24) is 4.90 Å². The van der Waals surface area contributed by atoms with Gasteiger partial charge < -0.3 is 4.90 Å². The van der Waals surface area contributed by atoms with Crippen LogP contribution in [-0.4, -0.2) is 37.1 Å². The summed E-state index contributed by atoms with van der Waals surface area (Å²) in [5.74, 6) is -2.05. The minimum absolute atomic E-state index is 0.0190. The minimum Gasteiger partial charge on any atom is -0.322 e. The lowest BCUT2D eigenvalue weighted by Crippen LogP contribution is -2.45. The molecule has 3 aromatic rings. The fourth-order valence-corrected chi connectivity index (χ4v) is 4.40. The van der Waals surface area contributed by atoms with E-state index in [4.69, 9.17) is 5.14 Å². The second-order valence-corrected chi connectivity index (χ2v) is 9.81. The van der Waals surface area contributed by atoms with Crippen LogP contribution in [0.1, 0.15) is 27.9 Å². The molecule has 3 aromatic carbocycles. The summed E-state index contributed by atoms with van der Waals surface area (Å²) in [6.07, 6.45) is -0.255. The Labute approximate surface area is 201 Å². The van der Waals surface area contributed by atoms with Crippen molar-refractivity contribution in [1.29, 1.82) is 0 Å². The van der Waals surface area contributed by atoms with E-state index in [-0.39, 0.29) is 23.5 Å². The molecule has 0 radical (unpaired) electrons. The molecule has 10 heteroatoms. The van der Waals surface area contributed by atoms with Crippen molar-refractivity contribution in [3.05, 3.63) is 95.3 Å². The third-order valence-electron chi connectivity index (χ3n) is 5.75. The average molecular weight is 496 g/mol. The van der Waals surface area contributed by atoms with E-state index in [0.29, 0.717) is 11.1 Å². The number of anilines is 1. The van der Waals surface area contributed by atoms with Crippen molar-refractivity contribution in [2.45, 2.75) is 30.8 Å². The number of carbonyl (C=O) groups excluding carboxylic acids is 3. The maximum atomic E-state index is 13.5. The number of rotatable bonds is 6. The summed E-state index contributed by atoms with van der Waals surface area (Å²) in [5, 5.41) is 5.11. The monoisotopic (exact) mass is 495 g/mol. The maximum Gasteiger partial charge on any atom is 0.257 e. The first-order chi connectivity index (χ1) is 16.5. The van der Waals surface area contributed by atoms with Crippen LogP contribution in [0.5, 0.6) is 0 Å². The van der Waals surface area contributed by atoms with Crippen molar-refractivity contribution in [2.24, 2.45) is 5.14 Å². The molecule has 3 amide bonds. The summed E-state index contributed by atoms with van der Waals surface area (Å²) in [6, 6.07) is 16.3. The lowest BCUT2D eigenvalue weighted by atomic mass is 10.1. The van der Waals surface area contributed by atoms with Crippen LogP contribution >= 0.6 is 0 Å². The van der Waals surface area contributed by atoms with Gasteiger partial charge in [0.05, 0.1) is 17.0 Å². The van der Waals surface area contributed by atoms with E-state index in [9.17, 15) is 27.2 Å². The molecule has 180 valence electrons. The van der Waals surface area contributed by atoms with Gasteiger partial charge in [-0.05, 0) is 61.0 Å². The first-order valence-corrected chi connectivity index (χ1v) is 12.2. The number of primary sulfonamides is 1. The number of sulfonamides is 1. The summed E-state index contributed by atoms with van der Waals surface area (Å²) >= 11 is 0. The molecule has 0 bridgehead atoms. The first-order valence-electron chi connectivity index (χ1n) is 10.7. The normalized spacial score (nSPS) is 16.0. The Morgan fingerprint density at radius 2 is 1.60 bits per heavy atom. The van der Waals surface area contributed by atoms with Crippen molar-refractivity contribution in [3.8, 4) is 0 Å². The molecule has 0 aliphatic carbocycles. The summed E-state index contributed by atoms with van der Waals surface area (Å²) in [6.45, 7) is 1.86. The highest BCUT2D eigenvalue weighted by Gasteiger charge is 2.44. The van der Waals surface area contributed by atoms with Gasteiger partial charge in [0.1, 0.15) is 11.9 Å². The highest BCUT2D eigenvalue weighted by atomic mass is 32.2.